The molecule has 1 fully saturated rings. The van der Waals surface area contributed by atoms with Crippen LogP contribution in [0.2, 0.25) is 5.02 Å². The minimum absolute atomic E-state index is 0.265. The third-order valence-corrected chi connectivity index (χ3v) is 4.24. The molecule has 0 aromatic heterocycles. The van der Waals surface area contributed by atoms with Crippen molar-refractivity contribution in [3.05, 3.63) is 34.9 Å². The van der Waals surface area contributed by atoms with Gasteiger partial charge in [0.25, 0.3) is 0 Å². The molecule has 0 bridgehead atoms. The van der Waals surface area contributed by atoms with Gasteiger partial charge in [0.05, 0.1) is 0 Å². The highest BCUT2D eigenvalue weighted by atomic mass is 35.5. The van der Waals surface area contributed by atoms with Gasteiger partial charge in [-0.3, -0.25) is 0 Å². The number of rotatable bonds is 4. The van der Waals surface area contributed by atoms with Crippen molar-refractivity contribution in [3.8, 4) is 0 Å². The summed E-state index contributed by atoms with van der Waals surface area (Å²) in [5.41, 5.74) is 1.16. The van der Waals surface area contributed by atoms with Gasteiger partial charge in [-0.25, -0.2) is 0 Å². The Bertz CT molecular complexity index is 383. The van der Waals surface area contributed by atoms with Gasteiger partial charge in [0, 0.05) is 23.7 Å². The van der Waals surface area contributed by atoms with Crippen LogP contribution in [0.4, 0.5) is 0 Å². The summed E-state index contributed by atoms with van der Waals surface area (Å²) in [5, 5.41) is 13.7. The summed E-state index contributed by atoms with van der Waals surface area (Å²) in [4.78, 5) is 0. The second-order valence-electron chi connectivity index (χ2n) is 5.32. The van der Waals surface area contributed by atoms with Gasteiger partial charge < -0.3 is 10.4 Å². The van der Waals surface area contributed by atoms with Crippen molar-refractivity contribution < 1.29 is 5.11 Å². The molecule has 1 aliphatic carbocycles. The van der Waals surface area contributed by atoms with E-state index >= 15 is 0 Å². The Morgan fingerprint density at radius 1 is 1.39 bits per heavy atom. The number of halogens is 1. The van der Waals surface area contributed by atoms with Gasteiger partial charge in [-0.15, -0.1) is 0 Å². The van der Waals surface area contributed by atoms with E-state index in [1.54, 1.807) is 0 Å². The van der Waals surface area contributed by atoms with E-state index in [0.717, 1.165) is 23.4 Å². The lowest BCUT2D eigenvalue weighted by molar-refractivity contribution is 0.167. The van der Waals surface area contributed by atoms with Crippen LogP contribution in [0, 0.1) is 5.92 Å². The van der Waals surface area contributed by atoms with Crippen molar-refractivity contribution in [1.29, 1.82) is 0 Å². The second-order valence-corrected chi connectivity index (χ2v) is 5.73. The highest BCUT2D eigenvalue weighted by Gasteiger charge is 2.23. The molecule has 2 rings (SSSR count). The minimum Gasteiger partial charge on any atom is -0.396 e. The zero-order valence-electron chi connectivity index (χ0n) is 10.9. The van der Waals surface area contributed by atoms with E-state index in [9.17, 15) is 5.11 Å². The fraction of sp³-hybridized carbons (Fsp3) is 0.600. The van der Waals surface area contributed by atoms with Crippen molar-refractivity contribution in [2.45, 2.75) is 44.7 Å². The van der Waals surface area contributed by atoms with Crippen LogP contribution in [0.25, 0.3) is 0 Å². The third kappa shape index (κ3) is 3.47. The lowest BCUT2D eigenvalue weighted by atomic mass is 9.85. The molecule has 0 saturated heterocycles. The summed E-state index contributed by atoms with van der Waals surface area (Å²) in [6, 6.07) is 8.76. The van der Waals surface area contributed by atoms with E-state index in [-0.39, 0.29) is 6.04 Å². The maximum absolute atomic E-state index is 9.26. The first-order valence-electron chi connectivity index (χ1n) is 6.82. The molecule has 0 aliphatic heterocycles. The Balaban J connectivity index is 1.95. The van der Waals surface area contributed by atoms with Gasteiger partial charge in [0.15, 0.2) is 0 Å². The Morgan fingerprint density at radius 2 is 2.17 bits per heavy atom. The van der Waals surface area contributed by atoms with Gasteiger partial charge in [0.1, 0.15) is 0 Å². The molecule has 1 saturated carbocycles. The van der Waals surface area contributed by atoms with Crippen molar-refractivity contribution in [2.75, 3.05) is 6.61 Å². The van der Waals surface area contributed by atoms with Crippen LogP contribution in [0.1, 0.15) is 44.2 Å². The highest BCUT2D eigenvalue weighted by Crippen LogP contribution is 2.28. The van der Waals surface area contributed by atoms with Gasteiger partial charge in [-0.2, -0.15) is 0 Å². The van der Waals surface area contributed by atoms with E-state index in [2.05, 4.69) is 18.3 Å². The van der Waals surface area contributed by atoms with E-state index in [0.29, 0.717) is 18.6 Å². The Kier molecular flexibility index (Phi) is 5.04. The highest BCUT2D eigenvalue weighted by molar-refractivity contribution is 6.31. The lowest BCUT2D eigenvalue weighted by Gasteiger charge is -2.31. The van der Waals surface area contributed by atoms with Crippen LogP contribution in [-0.2, 0) is 0 Å². The standard InChI is InChI=1S/C15H22ClNO/c1-11(14-7-2-3-8-15(14)16)17-13-6-4-5-12(9-13)10-18/h2-3,7-8,11-13,17-18H,4-6,9-10H2,1H3. The molecule has 2 nitrogen and oxygen atoms in total. The Hall–Kier alpha value is -0.570. The fourth-order valence-corrected chi connectivity index (χ4v) is 3.18. The molecule has 1 aromatic rings. The molecule has 2 N–H and O–H groups in total. The number of aliphatic hydroxyl groups excluding tert-OH is 1. The summed E-state index contributed by atoms with van der Waals surface area (Å²) >= 11 is 6.21. The maximum Gasteiger partial charge on any atom is 0.0459 e. The summed E-state index contributed by atoms with van der Waals surface area (Å²) in [7, 11) is 0. The van der Waals surface area contributed by atoms with Gasteiger partial charge in [-0.1, -0.05) is 36.2 Å². The number of nitrogens with one attached hydrogen (secondary N) is 1. The zero-order valence-corrected chi connectivity index (χ0v) is 11.7. The first kappa shape index (κ1) is 13.9. The fourth-order valence-electron chi connectivity index (χ4n) is 2.88. The van der Waals surface area contributed by atoms with E-state index in [4.69, 9.17) is 11.6 Å². The molecular formula is C15H22ClNO. The lowest BCUT2D eigenvalue weighted by Crippen LogP contribution is -2.36. The average Bonchev–Trinajstić information content (AvgIpc) is 2.39. The molecule has 3 heteroatoms. The summed E-state index contributed by atoms with van der Waals surface area (Å²) in [6.45, 7) is 2.47. The van der Waals surface area contributed by atoms with Crippen molar-refractivity contribution in [2.24, 2.45) is 5.92 Å². The summed E-state index contributed by atoms with van der Waals surface area (Å²) in [6.07, 6.45) is 4.64. The van der Waals surface area contributed by atoms with Crippen LogP contribution in [0.5, 0.6) is 0 Å². The molecule has 1 aromatic carbocycles. The van der Waals surface area contributed by atoms with Crippen LogP contribution in [-0.4, -0.2) is 17.8 Å². The summed E-state index contributed by atoms with van der Waals surface area (Å²) < 4.78 is 0. The molecule has 3 atom stereocenters. The minimum atomic E-state index is 0.265. The topological polar surface area (TPSA) is 32.3 Å². The average molecular weight is 268 g/mol. The number of hydrogen-bond acceptors (Lipinski definition) is 2. The second kappa shape index (κ2) is 6.55. The Labute approximate surface area is 114 Å². The van der Waals surface area contributed by atoms with Gasteiger partial charge in [0.2, 0.25) is 0 Å². The first-order chi connectivity index (χ1) is 8.70. The smallest absolute Gasteiger partial charge is 0.0459 e. The molecule has 0 radical (unpaired) electrons. The molecule has 3 unspecified atom stereocenters. The Morgan fingerprint density at radius 3 is 2.89 bits per heavy atom. The van der Waals surface area contributed by atoms with E-state index < -0.39 is 0 Å². The number of hydrogen-bond donors (Lipinski definition) is 2. The third-order valence-electron chi connectivity index (χ3n) is 3.90. The predicted octanol–water partition coefficient (Wildman–Crippen LogP) is 3.54. The van der Waals surface area contributed by atoms with Crippen molar-refractivity contribution >= 4 is 11.6 Å². The monoisotopic (exact) mass is 267 g/mol. The molecule has 0 heterocycles. The van der Waals surface area contributed by atoms with Gasteiger partial charge in [-0.05, 0) is 43.7 Å². The number of aliphatic hydroxyl groups is 1. The van der Waals surface area contributed by atoms with Crippen molar-refractivity contribution in [1.82, 2.24) is 5.32 Å². The first-order valence-corrected chi connectivity index (χ1v) is 7.20. The largest absolute Gasteiger partial charge is 0.396 e. The van der Waals surface area contributed by atoms with E-state index in [1.807, 2.05) is 18.2 Å². The molecule has 18 heavy (non-hydrogen) atoms. The van der Waals surface area contributed by atoms with Gasteiger partial charge >= 0.3 is 0 Å². The molecule has 0 spiro atoms. The van der Waals surface area contributed by atoms with E-state index in [1.165, 1.54) is 12.8 Å². The van der Waals surface area contributed by atoms with Crippen LogP contribution < -0.4 is 5.32 Å². The van der Waals surface area contributed by atoms with Crippen LogP contribution >= 0.6 is 11.6 Å². The predicted molar refractivity (Wildman–Crippen MR) is 75.8 cm³/mol. The molecule has 0 amide bonds. The molecule has 1 aliphatic rings. The molecular weight excluding hydrogens is 246 g/mol. The molecule has 100 valence electrons. The SMILES string of the molecule is CC(NC1CCCC(CO)C1)c1ccccc1Cl. The van der Waals surface area contributed by atoms with Crippen LogP contribution in [0.15, 0.2) is 24.3 Å². The van der Waals surface area contributed by atoms with Crippen molar-refractivity contribution in [3.63, 3.8) is 0 Å². The normalized spacial score (nSPS) is 25.9. The maximum atomic E-state index is 9.26. The zero-order chi connectivity index (χ0) is 13.0. The quantitative estimate of drug-likeness (QED) is 0.875. The number of benzene rings is 1. The van der Waals surface area contributed by atoms with Crippen LogP contribution in [0.3, 0.4) is 0 Å². The summed E-state index contributed by atoms with van der Waals surface area (Å²) in [5.74, 6) is 0.467.